The van der Waals surface area contributed by atoms with Gasteiger partial charge in [0.2, 0.25) is 0 Å². The van der Waals surface area contributed by atoms with Crippen LogP contribution in [0.1, 0.15) is 55.0 Å². The van der Waals surface area contributed by atoms with Crippen molar-refractivity contribution in [2.45, 2.75) is 44.9 Å². The Kier molecular flexibility index (Phi) is 9.28. The molecule has 4 rings (SSSR count). The summed E-state index contributed by atoms with van der Waals surface area (Å²) in [7, 11) is 1.50. The number of rotatable bonds is 9. The van der Waals surface area contributed by atoms with Gasteiger partial charge >= 0.3 is 5.97 Å². The van der Waals surface area contributed by atoms with Gasteiger partial charge in [0, 0.05) is 34.8 Å². The molecule has 0 saturated carbocycles. The Balaban J connectivity index is 1.46. The van der Waals surface area contributed by atoms with E-state index in [1.807, 2.05) is 4.90 Å². The number of aliphatic hydroxyl groups excluding tert-OH is 1. The minimum atomic E-state index is -1.46. The quantitative estimate of drug-likeness (QED) is 0.265. The predicted molar refractivity (Wildman–Crippen MR) is 141 cm³/mol. The van der Waals surface area contributed by atoms with E-state index in [4.69, 9.17) is 4.74 Å². The number of ether oxygens (including phenoxy) is 1. The molecule has 1 aliphatic rings. The van der Waals surface area contributed by atoms with Gasteiger partial charge in [-0.3, -0.25) is 14.7 Å². The number of carboxylic acids is 1. The highest BCUT2D eigenvalue weighted by atomic mass is 19.1. The second-order valence-corrected chi connectivity index (χ2v) is 10.1. The highest BCUT2D eigenvalue weighted by molar-refractivity contribution is 5.85. The molecule has 0 bridgehead atoms. The number of carboxylic acid groups (broad SMARTS) is 1. The van der Waals surface area contributed by atoms with Crippen molar-refractivity contribution in [1.82, 2.24) is 9.88 Å². The maximum absolute atomic E-state index is 15.9. The molecule has 1 atom stereocenters. The van der Waals surface area contributed by atoms with Crippen LogP contribution >= 0.6 is 0 Å². The second kappa shape index (κ2) is 12.7. The summed E-state index contributed by atoms with van der Waals surface area (Å²) >= 11 is 0. The van der Waals surface area contributed by atoms with Gasteiger partial charge in [0.05, 0.1) is 37.8 Å². The number of benzene rings is 2. The molecule has 0 spiro atoms. The number of aromatic nitrogens is 1. The average Bonchev–Trinajstić information content (AvgIpc) is 2.92. The molecule has 1 aliphatic heterocycles. The largest absolute Gasteiger partial charge is 0.497 e. The summed E-state index contributed by atoms with van der Waals surface area (Å²) in [5.41, 5.74) is 0.101. The molecule has 212 valence electrons. The van der Waals surface area contributed by atoms with Crippen molar-refractivity contribution >= 4 is 16.9 Å². The van der Waals surface area contributed by atoms with Crippen molar-refractivity contribution < 1.29 is 37.3 Å². The van der Waals surface area contributed by atoms with E-state index < -0.39 is 47.2 Å². The van der Waals surface area contributed by atoms with Gasteiger partial charge in [0.25, 0.3) is 0 Å². The highest BCUT2D eigenvalue weighted by Crippen LogP contribution is 2.43. The number of hydrogen-bond acceptors (Lipinski definition) is 5. The Morgan fingerprint density at radius 1 is 1.18 bits per heavy atom. The lowest BCUT2D eigenvalue weighted by Crippen LogP contribution is -2.41. The van der Waals surface area contributed by atoms with E-state index in [-0.39, 0.29) is 19.4 Å². The maximum Gasteiger partial charge on any atom is 0.303 e. The number of piperidine rings is 1. The van der Waals surface area contributed by atoms with Crippen molar-refractivity contribution in [1.29, 1.82) is 0 Å². The SMILES string of the molecule is COc1ccc2ncc(CO)c([C@H](F)CCC3(CC(=O)O)CCN(CC#Cc4c(F)cc(F)cc4F)CC3)c2c1. The molecule has 10 heteroatoms. The number of halogens is 4. The highest BCUT2D eigenvalue weighted by Gasteiger charge is 2.37. The summed E-state index contributed by atoms with van der Waals surface area (Å²) in [5, 5.41) is 20.0. The molecule has 2 N–H and O–H groups in total. The van der Waals surface area contributed by atoms with E-state index >= 15 is 4.39 Å². The Morgan fingerprint density at radius 2 is 1.88 bits per heavy atom. The van der Waals surface area contributed by atoms with Crippen LogP contribution in [-0.4, -0.2) is 52.8 Å². The van der Waals surface area contributed by atoms with Gasteiger partial charge in [0.1, 0.15) is 29.4 Å². The van der Waals surface area contributed by atoms with Crippen LogP contribution in [0, 0.1) is 34.7 Å². The van der Waals surface area contributed by atoms with Crippen LogP contribution < -0.4 is 4.74 Å². The van der Waals surface area contributed by atoms with Gasteiger partial charge < -0.3 is 14.9 Å². The number of aliphatic hydroxyl groups is 1. The molecule has 2 heterocycles. The average molecular weight is 559 g/mol. The van der Waals surface area contributed by atoms with Crippen molar-refractivity contribution in [2.75, 3.05) is 26.7 Å². The van der Waals surface area contributed by atoms with Crippen LogP contribution in [-0.2, 0) is 11.4 Å². The zero-order valence-corrected chi connectivity index (χ0v) is 22.0. The van der Waals surface area contributed by atoms with E-state index in [9.17, 15) is 28.2 Å². The summed E-state index contributed by atoms with van der Waals surface area (Å²) in [6.07, 6.45) is 1.19. The second-order valence-electron chi connectivity index (χ2n) is 10.1. The fraction of sp³-hybridized carbons (Fsp3) is 0.400. The van der Waals surface area contributed by atoms with Gasteiger partial charge in [0.15, 0.2) is 0 Å². The summed E-state index contributed by atoms with van der Waals surface area (Å²) in [4.78, 5) is 18.0. The number of fused-ring (bicyclic) bond motifs is 1. The zero-order chi connectivity index (χ0) is 28.9. The number of nitrogens with zero attached hydrogens (tertiary/aromatic N) is 2. The first-order valence-corrected chi connectivity index (χ1v) is 12.9. The van der Waals surface area contributed by atoms with Gasteiger partial charge in [-0.15, -0.1) is 0 Å². The first-order chi connectivity index (χ1) is 19.1. The number of carbonyl (C=O) groups is 1. The van der Waals surface area contributed by atoms with E-state index in [1.54, 1.807) is 18.2 Å². The molecule has 1 aromatic heterocycles. The molecule has 0 amide bonds. The number of methoxy groups -OCH3 is 1. The molecule has 6 nitrogen and oxygen atoms in total. The number of alkyl halides is 1. The van der Waals surface area contributed by atoms with Crippen molar-refractivity contribution in [3.63, 3.8) is 0 Å². The third-order valence-electron chi connectivity index (χ3n) is 7.58. The summed E-state index contributed by atoms with van der Waals surface area (Å²) < 4.78 is 61.9. The van der Waals surface area contributed by atoms with E-state index in [2.05, 4.69) is 16.8 Å². The summed E-state index contributed by atoms with van der Waals surface area (Å²) in [5.74, 6) is 1.51. The van der Waals surface area contributed by atoms with E-state index in [0.717, 1.165) is 0 Å². The molecule has 1 saturated heterocycles. The topological polar surface area (TPSA) is 82.9 Å². The molecular formula is C30H30F4N2O4. The lowest BCUT2D eigenvalue weighted by Gasteiger charge is -2.41. The Labute approximate surface area is 229 Å². The van der Waals surface area contributed by atoms with Crippen LogP contribution in [0.4, 0.5) is 17.6 Å². The summed E-state index contributed by atoms with van der Waals surface area (Å²) in [6.45, 7) is 0.753. The predicted octanol–water partition coefficient (Wildman–Crippen LogP) is 5.55. The lowest BCUT2D eigenvalue weighted by atomic mass is 9.71. The van der Waals surface area contributed by atoms with E-state index in [0.29, 0.717) is 72.3 Å². The molecule has 0 unspecified atom stereocenters. The normalized spacial score (nSPS) is 15.8. The minimum absolute atomic E-state index is 0.0551. The molecular weight excluding hydrogens is 528 g/mol. The number of hydrogen-bond donors (Lipinski definition) is 2. The third-order valence-corrected chi connectivity index (χ3v) is 7.58. The third kappa shape index (κ3) is 6.72. The van der Waals surface area contributed by atoms with Gasteiger partial charge in [-0.1, -0.05) is 11.8 Å². The molecule has 0 aliphatic carbocycles. The molecule has 2 aromatic carbocycles. The number of pyridine rings is 1. The number of aliphatic carboxylic acids is 1. The monoisotopic (exact) mass is 558 g/mol. The zero-order valence-electron chi connectivity index (χ0n) is 22.0. The van der Waals surface area contributed by atoms with Crippen LogP contribution in [0.25, 0.3) is 10.9 Å². The van der Waals surface area contributed by atoms with Crippen molar-refractivity contribution in [2.24, 2.45) is 5.41 Å². The lowest BCUT2D eigenvalue weighted by molar-refractivity contribution is -0.141. The fourth-order valence-electron chi connectivity index (χ4n) is 5.36. The fourth-order valence-corrected chi connectivity index (χ4v) is 5.36. The number of likely N-dealkylation sites (tertiary alicyclic amines) is 1. The molecule has 1 fully saturated rings. The summed E-state index contributed by atoms with van der Waals surface area (Å²) in [6, 6.07) is 6.26. The van der Waals surface area contributed by atoms with Gasteiger partial charge in [-0.25, -0.2) is 17.6 Å². The van der Waals surface area contributed by atoms with Gasteiger partial charge in [-0.05, 0) is 62.4 Å². The molecule has 3 aromatic rings. The molecule has 40 heavy (non-hydrogen) atoms. The smallest absolute Gasteiger partial charge is 0.303 e. The van der Waals surface area contributed by atoms with Crippen molar-refractivity contribution in [3.8, 4) is 17.6 Å². The van der Waals surface area contributed by atoms with Crippen LogP contribution in [0.3, 0.4) is 0 Å². The van der Waals surface area contributed by atoms with Gasteiger partial charge in [-0.2, -0.15) is 0 Å². The maximum atomic E-state index is 15.9. The van der Waals surface area contributed by atoms with Crippen molar-refractivity contribution in [3.05, 3.63) is 70.7 Å². The minimum Gasteiger partial charge on any atom is -0.497 e. The Hall–Kier alpha value is -3.68. The first kappa shape index (κ1) is 29.3. The first-order valence-electron chi connectivity index (χ1n) is 12.9. The van der Waals surface area contributed by atoms with E-state index in [1.165, 1.54) is 13.3 Å². The Morgan fingerprint density at radius 3 is 2.50 bits per heavy atom. The molecule has 0 radical (unpaired) electrons. The van der Waals surface area contributed by atoms with Crippen LogP contribution in [0.5, 0.6) is 5.75 Å². The van der Waals surface area contributed by atoms with Crippen LogP contribution in [0.2, 0.25) is 0 Å². The Bertz CT molecular complexity index is 1420. The van der Waals surface area contributed by atoms with Crippen LogP contribution in [0.15, 0.2) is 36.5 Å². The standard InChI is InChI=1S/C30H30F4N2O4/c1-40-21-4-5-27-23(15-21)29(19(18-37)17-35-27)24(32)6-7-30(16-28(38)39)8-11-36(12-9-30)10-2-3-22-25(33)13-20(31)14-26(22)34/h4-5,13-15,17,24,37H,6-12,16,18H2,1H3,(H,38,39)/t24-/m1/s1.